The van der Waals surface area contributed by atoms with E-state index in [4.69, 9.17) is 13.6 Å². The first-order valence-corrected chi connectivity index (χ1v) is 10.5. The zero-order valence-corrected chi connectivity index (χ0v) is 18.6. The van der Waals surface area contributed by atoms with E-state index in [1.165, 1.54) is 0 Å². The van der Waals surface area contributed by atoms with Crippen LogP contribution in [0.25, 0.3) is 11.0 Å². The third-order valence-electron chi connectivity index (χ3n) is 5.16. The van der Waals surface area contributed by atoms with Crippen LogP contribution in [0.15, 0.2) is 57.4 Å². The minimum absolute atomic E-state index is 0.0784. The summed E-state index contributed by atoms with van der Waals surface area (Å²) in [5.74, 6) is 1.33. The van der Waals surface area contributed by atoms with E-state index in [1.54, 1.807) is 31.2 Å². The van der Waals surface area contributed by atoms with Crippen LogP contribution in [0.4, 0.5) is 4.79 Å². The van der Waals surface area contributed by atoms with Crippen LogP contribution in [0.3, 0.4) is 0 Å². The van der Waals surface area contributed by atoms with Crippen molar-refractivity contribution in [2.45, 2.75) is 33.7 Å². The largest absolute Gasteiger partial charge is 0.480 e. The molecule has 0 saturated heterocycles. The number of carboxylic acid groups (broad SMARTS) is 1. The molecular formula is C25H24N2O6. The Bertz CT molecular complexity index is 1300. The van der Waals surface area contributed by atoms with Crippen LogP contribution < -0.4 is 4.74 Å². The highest BCUT2D eigenvalue weighted by molar-refractivity contribution is 5.80. The average Bonchev–Trinajstić information content (AvgIpc) is 3.30. The molecule has 0 bridgehead atoms. The molecule has 1 amide bonds. The molecule has 0 atom stereocenters. The van der Waals surface area contributed by atoms with Gasteiger partial charge in [0.05, 0.1) is 12.1 Å². The van der Waals surface area contributed by atoms with Gasteiger partial charge < -0.3 is 18.7 Å². The summed E-state index contributed by atoms with van der Waals surface area (Å²) < 4.78 is 16.8. The maximum atomic E-state index is 12.6. The van der Waals surface area contributed by atoms with Gasteiger partial charge in [-0.15, -0.1) is 0 Å². The number of hydrogen-bond donors (Lipinski definition) is 1. The van der Waals surface area contributed by atoms with E-state index in [2.05, 4.69) is 4.98 Å². The van der Waals surface area contributed by atoms with Crippen molar-refractivity contribution in [2.75, 3.05) is 6.54 Å². The maximum absolute atomic E-state index is 12.6. The maximum Gasteiger partial charge on any atom is 0.416 e. The van der Waals surface area contributed by atoms with Crippen LogP contribution in [0.1, 0.15) is 34.2 Å². The molecule has 0 unspecified atom stereocenters. The number of oxazole rings is 1. The minimum atomic E-state index is -1.12. The van der Waals surface area contributed by atoms with Crippen LogP contribution >= 0.6 is 0 Å². The number of amides is 1. The lowest BCUT2D eigenvalue weighted by molar-refractivity contribution is -0.138. The standard InChI is InChI=1S/C25H24N2O6/c1-15-4-7-20(8-5-15)33-25(30)27(14-24(28)29)13-18-6-9-23-19(10-18)11-21(32-23)12-22-16(2)31-17(3)26-22/h4-11H,12-14H2,1-3H3,(H,28,29). The Morgan fingerprint density at radius 2 is 1.79 bits per heavy atom. The number of nitrogens with zero attached hydrogens (tertiary/aromatic N) is 2. The van der Waals surface area contributed by atoms with Crippen molar-refractivity contribution in [3.05, 3.63) is 82.8 Å². The van der Waals surface area contributed by atoms with E-state index < -0.39 is 18.6 Å². The Balaban J connectivity index is 1.51. The van der Waals surface area contributed by atoms with Crippen molar-refractivity contribution < 1.29 is 28.3 Å². The van der Waals surface area contributed by atoms with Crippen LogP contribution in [-0.4, -0.2) is 33.6 Å². The number of carbonyl (C=O) groups is 2. The number of hydrogen-bond acceptors (Lipinski definition) is 6. The zero-order chi connectivity index (χ0) is 23.5. The summed E-state index contributed by atoms with van der Waals surface area (Å²) in [5, 5.41) is 10.1. The van der Waals surface area contributed by atoms with Gasteiger partial charge in [-0.2, -0.15) is 0 Å². The Labute approximate surface area is 190 Å². The van der Waals surface area contributed by atoms with Crippen molar-refractivity contribution in [1.82, 2.24) is 9.88 Å². The topological polar surface area (TPSA) is 106 Å². The van der Waals surface area contributed by atoms with Gasteiger partial charge in [0.15, 0.2) is 5.89 Å². The summed E-state index contributed by atoms with van der Waals surface area (Å²) in [5.41, 5.74) is 3.29. The van der Waals surface area contributed by atoms with Gasteiger partial charge in [-0.25, -0.2) is 9.78 Å². The Kier molecular flexibility index (Phi) is 6.17. The van der Waals surface area contributed by atoms with E-state index >= 15 is 0 Å². The lowest BCUT2D eigenvalue weighted by Gasteiger charge is -2.20. The fourth-order valence-electron chi connectivity index (χ4n) is 3.57. The molecule has 0 fully saturated rings. The number of furan rings is 1. The third-order valence-corrected chi connectivity index (χ3v) is 5.16. The van der Waals surface area contributed by atoms with Gasteiger partial charge in [-0.1, -0.05) is 23.8 Å². The highest BCUT2D eigenvalue weighted by Gasteiger charge is 2.20. The van der Waals surface area contributed by atoms with E-state index in [0.717, 1.165) is 38.6 Å². The molecule has 0 aliphatic rings. The first-order valence-electron chi connectivity index (χ1n) is 10.5. The molecule has 8 heteroatoms. The number of aryl methyl sites for hydroxylation is 3. The smallest absolute Gasteiger partial charge is 0.416 e. The number of fused-ring (bicyclic) bond motifs is 1. The number of carbonyl (C=O) groups excluding carboxylic acids is 1. The van der Waals surface area contributed by atoms with Gasteiger partial charge >= 0.3 is 12.1 Å². The molecular weight excluding hydrogens is 424 g/mol. The van der Waals surface area contributed by atoms with Gasteiger partial charge in [0.25, 0.3) is 0 Å². The summed E-state index contributed by atoms with van der Waals surface area (Å²) in [6.07, 6.45) is -0.229. The lowest BCUT2D eigenvalue weighted by Crippen LogP contribution is -2.37. The third kappa shape index (κ3) is 5.41. The van der Waals surface area contributed by atoms with E-state index in [-0.39, 0.29) is 6.54 Å². The van der Waals surface area contributed by atoms with Gasteiger partial charge in [-0.05, 0) is 49.7 Å². The van der Waals surface area contributed by atoms with E-state index in [0.29, 0.717) is 23.6 Å². The second-order valence-corrected chi connectivity index (χ2v) is 7.93. The molecule has 0 spiro atoms. The monoisotopic (exact) mass is 448 g/mol. The number of aromatic nitrogens is 1. The summed E-state index contributed by atoms with van der Waals surface area (Å²) >= 11 is 0. The van der Waals surface area contributed by atoms with Gasteiger partial charge in [0.2, 0.25) is 0 Å². The SMILES string of the molecule is Cc1ccc(OC(=O)N(CC(=O)O)Cc2ccc3oc(Cc4nc(C)oc4C)cc3c2)cc1. The first kappa shape index (κ1) is 22.1. The molecule has 8 nitrogen and oxygen atoms in total. The fraction of sp³-hybridized carbons (Fsp3) is 0.240. The number of ether oxygens (including phenoxy) is 1. The van der Waals surface area contributed by atoms with Crippen molar-refractivity contribution in [2.24, 2.45) is 0 Å². The molecule has 0 aliphatic carbocycles. The molecule has 0 aliphatic heterocycles. The molecule has 2 heterocycles. The van der Waals surface area contributed by atoms with Crippen LogP contribution in [0.2, 0.25) is 0 Å². The Morgan fingerprint density at radius 1 is 1.03 bits per heavy atom. The van der Waals surface area contributed by atoms with Crippen LogP contribution in [0, 0.1) is 20.8 Å². The lowest BCUT2D eigenvalue weighted by atomic mass is 10.1. The molecule has 2 aromatic heterocycles. The molecule has 0 radical (unpaired) electrons. The van der Waals surface area contributed by atoms with Gasteiger partial charge in [0.1, 0.15) is 29.4 Å². The molecule has 4 aromatic rings. The van der Waals surface area contributed by atoms with Crippen LogP contribution in [0.5, 0.6) is 5.75 Å². The summed E-state index contributed by atoms with van der Waals surface area (Å²) in [4.78, 5) is 29.5. The number of aliphatic carboxylic acids is 1. The second kappa shape index (κ2) is 9.20. The predicted octanol–water partition coefficient (Wildman–Crippen LogP) is 5.02. The van der Waals surface area contributed by atoms with Gasteiger partial charge in [-0.3, -0.25) is 9.69 Å². The number of rotatable bonds is 7. The fourth-order valence-corrected chi connectivity index (χ4v) is 3.57. The normalized spacial score (nSPS) is 11.0. The molecule has 1 N–H and O–H groups in total. The van der Waals surface area contributed by atoms with E-state index in [9.17, 15) is 14.7 Å². The minimum Gasteiger partial charge on any atom is -0.480 e. The molecule has 2 aromatic carbocycles. The van der Waals surface area contributed by atoms with Crippen LogP contribution in [-0.2, 0) is 17.8 Å². The summed E-state index contributed by atoms with van der Waals surface area (Å²) in [6, 6.07) is 14.4. The van der Waals surface area contributed by atoms with Crippen molar-refractivity contribution in [3.63, 3.8) is 0 Å². The molecule has 0 saturated carbocycles. The van der Waals surface area contributed by atoms with Crippen molar-refractivity contribution >= 4 is 23.0 Å². The van der Waals surface area contributed by atoms with Crippen molar-refractivity contribution in [1.29, 1.82) is 0 Å². The second-order valence-electron chi connectivity index (χ2n) is 7.93. The zero-order valence-electron chi connectivity index (χ0n) is 18.6. The highest BCUT2D eigenvalue weighted by atomic mass is 16.6. The van der Waals surface area contributed by atoms with E-state index in [1.807, 2.05) is 38.1 Å². The number of benzene rings is 2. The number of carboxylic acids is 1. The molecule has 4 rings (SSSR count). The van der Waals surface area contributed by atoms with Gasteiger partial charge in [0, 0.05) is 18.9 Å². The molecule has 33 heavy (non-hydrogen) atoms. The summed E-state index contributed by atoms with van der Waals surface area (Å²) in [7, 11) is 0. The quantitative estimate of drug-likeness (QED) is 0.423. The highest BCUT2D eigenvalue weighted by Crippen LogP contribution is 2.24. The summed E-state index contributed by atoms with van der Waals surface area (Å²) in [6.45, 7) is 5.18. The average molecular weight is 448 g/mol. The predicted molar refractivity (Wildman–Crippen MR) is 120 cm³/mol. The van der Waals surface area contributed by atoms with Crippen molar-refractivity contribution in [3.8, 4) is 5.75 Å². The molecule has 170 valence electrons. The first-order chi connectivity index (χ1) is 15.8. The Hall–Kier alpha value is -4.07. The Morgan fingerprint density at radius 3 is 2.45 bits per heavy atom.